The maximum Gasteiger partial charge on any atom is 0.261 e. The lowest BCUT2D eigenvalue weighted by Crippen LogP contribution is -2.26. The summed E-state index contributed by atoms with van der Waals surface area (Å²) < 4.78 is 16.8. The van der Waals surface area contributed by atoms with Crippen LogP contribution in [0.4, 0.5) is 4.39 Å². The number of halogens is 1. The van der Waals surface area contributed by atoms with Crippen LogP contribution in [0.5, 0.6) is 0 Å². The zero-order valence-electron chi connectivity index (χ0n) is 16.2. The van der Waals surface area contributed by atoms with Gasteiger partial charge in [-0.1, -0.05) is 19.1 Å². The number of aryl methyl sites for hydroxylation is 1. The molecule has 1 aromatic carbocycles. The molecule has 0 aliphatic carbocycles. The van der Waals surface area contributed by atoms with Crippen molar-refractivity contribution in [1.29, 1.82) is 0 Å². The molecule has 144 valence electrons. The Hall–Kier alpha value is -3.06. The Kier molecular flexibility index (Phi) is 4.68. The third-order valence-electron chi connectivity index (χ3n) is 4.91. The first-order valence-electron chi connectivity index (χ1n) is 9.30. The summed E-state index contributed by atoms with van der Waals surface area (Å²) in [5, 5.41) is 5.24. The summed E-state index contributed by atoms with van der Waals surface area (Å²) in [4.78, 5) is 19.5. The lowest BCUT2D eigenvalue weighted by atomic mass is 10.0. The molecule has 6 nitrogen and oxygen atoms in total. The zero-order chi connectivity index (χ0) is 19.8. The molecule has 3 heterocycles. The number of fused-ring (bicyclic) bond motifs is 3. The number of nitrogens with zero attached hydrogens (tertiary/aromatic N) is 5. The Labute approximate surface area is 161 Å². The Bertz CT molecular complexity index is 1210. The number of pyridine rings is 1. The molecule has 0 amide bonds. The SMILES string of the molecule is CCc1nn2c(ncc3c(=O)n(CCN(C)C)ccc32)c1-c1ccc(F)cc1. The highest BCUT2D eigenvalue weighted by molar-refractivity contribution is 5.86. The first kappa shape index (κ1) is 18.3. The number of hydrogen-bond acceptors (Lipinski definition) is 4. The number of rotatable bonds is 5. The second kappa shape index (κ2) is 7.16. The number of benzene rings is 1. The molecule has 0 saturated carbocycles. The quantitative estimate of drug-likeness (QED) is 0.535. The third kappa shape index (κ3) is 3.07. The second-order valence-electron chi connectivity index (χ2n) is 7.09. The molecule has 0 radical (unpaired) electrons. The molecular weight excluding hydrogens is 357 g/mol. The van der Waals surface area contributed by atoms with Crippen LogP contribution in [-0.4, -0.2) is 44.7 Å². The molecule has 3 aromatic heterocycles. The normalized spacial score (nSPS) is 11.8. The summed E-state index contributed by atoms with van der Waals surface area (Å²) in [6.07, 6.45) is 4.13. The van der Waals surface area contributed by atoms with E-state index >= 15 is 0 Å². The molecule has 0 aliphatic rings. The molecule has 0 aliphatic heterocycles. The molecule has 4 aromatic rings. The minimum absolute atomic E-state index is 0.0781. The van der Waals surface area contributed by atoms with Crippen LogP contribution in [-0.2, 0) is 13.0 Å². The van der Waals surface area contributed by atoms with Crippen LogP contribution in [0.25, 0.3) is 27.7 Å². The predicted molar refractivity (Wildman–Crippen MR) is 108 cm³/mol. The molecule has 0 unspecified atom stereocenters. The predicted octanol–water partition coefficient (Wildman–Crippen LogP) is 2.97. The van der Waals surface area contributed by atoms with Gasteiger partial charge >= 0.3 is 0 Å². The molecule has 0 saturated heterocycles. The van der Waals surface area contributed by atoms with Crippen LogP contribution in [0.3, 0.4) is 0 Å². The highest BCUT2D eigenvalue weighted by Crippen LogP contribution is 2.29. The van der Waals surface area contributed by atoms with Gasteiger partial charge in [0.05, 0.1) is 16.6 Å². The maximum absolute atomic E-state index is 13.4. The first-order valence-corrected chi connectivity index (χ1v) is 9.30. The fraction of sp³-hybridized carbons (Fsp3) is 0.286. The Balaban J connectivity index is 1.92. The maximum atomic E-state index is 13.4. The Morgan fingerprint density at radius 2 is 1.89 bits per heavy atom. The van der Waals surface area contributed by atoms with Crippen LogP contribution in [0, 0.1) is 5.82 Å². The summed E-state index contributed by atoms with van der Waals surface area (Å²) in [7, 11) is 3.95. The summed E-state index contributed by atoms with van der Waals surface area (Å²) in [5.74, 6) is -0.282. The van der Waals surface area contributed by atoms with Gasteiger partial charge in [-0.25, -0.2) is 13.9 Å². The largest absolute Gasteiger partial charge is 0.314 e. The van der Waals surface area contributed by atoms with E-state index in [1.54, 1.807) is 33.6 Å². The fourth-order valence-corrected chi connectivity index (χ4v) is 3.40. The van der Waals surface area contributed by atoms with E-state index in [1.807, 2.05) is 32.0 Å². The molecule has 28 heavy (non-hydrogen) atoms. The van der Waals surface area contributed by atoms with Crippen molar-refractivity contribution in [2.24, 2.45) is 0 Å². The minimum atomic E-state index is -0.282. The molecular formula is C21H22FN5O. The van der Waals surface area contributed by atoms with E-state index in [0.717, 1.165) is 28.9 Å². The van der Waals surface area contributed by atoms with E-state index in [9.17, 15) is 9.18 Å². The number of likely N-dealkylation sites (N-methyl/N-ethyl adjacent to an activating group) is 1. The van der Waals surface area contributed by atoms with Crippen LogP contribution in [0.15, 0.2) is 47.5 Å². The molecule has 0 N–H and O–H groups in total. The van der Waals surface area contributed by atoms with Crippen molar-refractivity contribution in [1.82, 2.24) is 24.1 Å². The van der Waals surface area contributed by atoms with Gasteiger partial charge in [0, 0.05) is 31.0 Å². The van der Waals surface area contributed by atoms with E-state index in [1.165, 1.54) is 12.1 Å². The van der Waals surface area contributed by atoms with Gasteiger partial charge in [0.1, 0.15) is 5.82 Å². The second-order valence-corrected chi connectivity index (χ2v) is 7.09. The van der Waals surface area contributed by atoms with E-state index in [0.29, 0.717) is 24.0 Å². The monoisotopic (exact) mass is 379 g/mol. The van der Waals surface area contributed by atoms with Crippen LogP contribution < -0.4 is 5.56 Å². The van der Waals surface area contributed by atoms with Gasteiger partial charge in [0.15, 0.2) is 5.65 Å². The topological polar surface area (TPSA) is 55.4 Å². The first-order chi connectivity index (χ1) is 13.5. The van der Waals surface area contributed by atoms with Gasteiger partial charge in [-0.05, 0) is 44.3 Å². The van der Waals surface area contributed by atoms with Crippen molar-refractivity contribution < 1.29 is 4.39 Å². The Morgan fingerprint density at radius 3 is 2.57 bits per heavy atom. The average Bonchev–Trinajstić information content (AvgIpc) is 3.07. The van der Waals surface area contributed by atoms with Crippen molar-refractivity contribution in [3.63, 3.8) is 0 Å². The van der Waals surface area contributed by atoms with Gasteiger partial charge in [0.25, 0.3) is 5.56 Å². The van der Waals surface area contributed by atoms with E-state index in [4.69, 9.17) is 5.10 Å². The summed E-state index contributed by atoms with van der Waals surface area (Å²) in [5.41, 5.74) is 3.91. The van der Waals surface area contributed by atoms with Gasteiger partial charge in [-0.2, -0.15) is 5.10 Å². The highest BCUT2D eigenvalue weighted by atomic mass is 19.1. The smallest absolute Gasteiger partial charge is 0.261 e. The number of aromatic nitrogens is 4. The molecule has 7 heteroatoms. The molecule has 4 rings (SSSR count). The lowest BCUT2D eigenvalue weighted by Gasteiger charge is -2.12. The van der Waals surface area contributed by atoms with Crippen molar-refractivity contribution in [2.45, 2.75) is 19.9 Å². The summed E-state index contributed by atoms with van der Waals surface area (Å²) in [6.45, 7) is 3.41. The van der Waals surface area contributed by atoms with Crippen LogP contribution in [0.2, 0.25) is 0 Å². The molecule has 0 bridgehead atoms. The molecule has 0 fully saturated rings. The van der Waals surface area contributed by atoms with Gasteiger partial charge in [-0.3, -0.25) is 4.79 Å². The highest BCUT2D eigenvalue weighted by Gasteiger charge is 2.17. The summed E-state index contributed by atoms with van der Waals surface area (Å²) in [6, 6.07) is 8.24. The average molecular weight is 379 g/mol. The lowest BCUT2D eigenvalue weighted by molar-refractivity contribution is 0.381. The van der Waals surface area contributed by atoms with Gasteiger partial charge in [0.2, 0.25) is 0 Å². The third-order valence-corrected chi connectivity index (χ3v) is 4.91. The van der Waals surface area contributed by atoms with E-state index < -0.39 is 0 Å². The molecule has 0 atom stereocenters. The van der Waals surface area contributed by atoms with Crippen molar-refractivity contribution >= 4 is 16.6 Å². The van der Waals surface area contributed by atoms with Crippen molar-refractivity contribution in [3.8, 4) is 11.1 Å². The van der Waals surface area contributed by atoms with Gasteiger partial charge < -0.3 is 9.47 Å². The molecule has 0 spiro atoms. The number of hydrogen-bond donors (Lipinski definition) is 0. The summed E-state index contributed by atoms with van der Waals surface area (Å²) >= 11 is 0. The Morgan fingerprint density at radius 1 is 1.14 bits per heavy atom. The standard InChI is InChI=1S/C21H22FN5O/c1-4-17-19(14-5-7-15(22)8-6-14)20-23-13-16-18(27(20)24-17)9-10-26(21(16)28)12-11-25(2)3/h5-10,13H,4,11-12H2,1-3H3. The van der Waals surface area contributed by atoms with Crippen LogP contribution >= 0.6 is 0 Å². The van der Waals surface area contributed by atoms with E-state index in [-0.39, 0.29) is 11.4 Å². The fourth-order valence-electron chi connectivity index (χ4n) is 3.40. The van der Waals surface area contributed by atoms with Crippen molar-refractivity contribution in [3.05, 3.63) is 64.6 Å². The van der Waals surface area contributed by atoms with E-state index in [2.05, 4.69) is 4.98 Å². The van der Waals surface area contributed by atoms with Gasteiger partial charge in [-0.15, -0.1) is 0 Å². The van der Waals surface area contributed by atoms with Crippen LogP contribution in [0.1, 0.15) is 12.6 Å². The van der Waals surface area contributed by atoms with Crippen molar-refractivity contribution in [2.75, 3.05) is 20.6 Å². The zero-order valence-corrected chi connectivity index (χ0v) is 16.2. The minimum Gasteiger partial charge on any atom is -0.314 e.